The van der Waals surface area contributed by atoms with Crippen LogP contribution in [0.4, 0.5) is 0 Å². The zero-order valence-electron chi connectivity index (χ0n) is 18.7. The summed E-state index contributed by atoms with van der Waals surface area (Å²) in [6.45, 7) is 5.73. The summed E-state index contributed by atoms with van der Waals surface area (Å²) in [6.07, 6.45) is 4.92. The Bertz CT molecular complexity index is 1670. The van der Waals surface area contributed by atoms with Gasteiger partial charge in [0.05, 0.1) is 16.8 Å². The number of fused-ring (bicyclic) bond motifs is 2. The maximum absolute atomic E-state index is 13.4. The van der Waals surface area contributed by atoms with Crippen LogP contribution in [0.25, 0.3) is 17.1 Å². The third kappa shape index (κ3) is 4.22. The van der Waals surface area contributed by atoms with Gasteiger partial charge >= 0.3 is 0 Å². The highest BCUT2D eigenvalue weighted by atomic mass is 32.1. The molecule has 0 amide bonds. The zero-order valence-corrected chi connectivity index (χ0v) is 20.4. The molecule has 0 saturated carbocycles. The van der Waals surface area contributed by atoms with Crippen LogP contribution in [0.15, 0.2) is 45.4 Å². The monoisotopic (exact) mass is 495 g/mol. The molecule has 5 rings (SSSR count). The molecular formula is C24H21N3O5S2. The minimum absolute atomic E-state index is 0.0806. The van der Waals surface area contributed by atoms with Crippen molar-refractivity contribution in [3.8, 4) is 11.5 Å². The molecular weight excluding hydrogens is 474 g/mol. The van der Waals surface area contributed by atoms with Gasteiger partial charge in [-0.05, 0) is 23.8 Å². The van der Waals surface area contributed by atoms with E-state index in [4.69, 9.17) is 9.47 Å². The number of thiazole rings is 2. The Morgan fingerprint density at radius 2 is 1.97 bits per heavy atom. The number of benzene rings is 1. The number of ketones is 1. The number of rotatable bonds is 4. The van der Waals surface area contributed by atoms with Crippen molar-refractivity contribution in [1.29, 1.82) is 0 Å². The first-order chi connectivity index (χ1) is 16.2. The molecule has 1 aliphatic heterocycles. The quantitative estimate of drug-likeness (QED) is 0.430. The molecule has 1 aromatic carbocycles. The van der Waals surface area contributed by atoms with E-state index in [0.717, 1.165) is 5.56 Å². The lowest BCUT2D eigenvalue weighted by molar-refractivity contribution is -0.120. The van der Waals surface area contributed by atoms with Gasteiger partial charge in [0.15, 0.2) is 22.2 Å². The summed E-state index contributed by atoms with van der Waals surface area (Å²) in [6, 6.07) is 6.86. The van der Waals surface area contributed by atoms with E-state index >= 15 is 0 Å². The van der Waals surface area contributed by atoms with E-state index in [0.29, 0.717) is 31.3 Å². The highest BCUT2D eigenvalue weighted by Gasteiger charge is 2.20. The molecule has 4 heterocycles. The number of hydrogen-bond acceptors (Lipinski definition) is 8. The Balaban J connectivity index is 1.65. The molecule has 0 atom stereocenters. The first-order valence-corrected chi connectivity index (χ1v) is 12.2. The van der Waals surface area contributed by atoms with Crippen LogP contribution in [0.2, 0.25) is 0 Å². The van der Waals surface area contributed by atoms with Crippen molar-refractivity contribution in [3.05, 3.63) is 77.0 Å². The molecule has 174 valence electrons. The lowest BCUT2D eigenvalue weighted by atomic mass is 9.91. The average Bonchev–Trinajstić information content (AvgIpc) is 3.49. The standard InChI is InChI=1S/C24H21N3O5S2/c1-24(2,3)19(28)11-21-27(12-15-10-20(29)26-6-7-33-23(26)25-15)22(30)18(34-21)9-14-4-5-16-17(8-14)32-13-31-16/h4-11H,12-13H2,1-3H3/b18-9-,21-11-. The van der Waals surface area contributed by atoms with Crippen LogP contribution in [0.3, 0.4) is 0 Å². The van der Waals surface area contributed by atoms with E-state index in [2.05, 4.69) is 4.98 Å². The minimum Gasteiger partial charge on any atom is -0.454 e. The summed E-state index contributed by atoms with van der Waals surface area (Å²) in [5, 5.41) is 1.78. The summed E-state index contributed by atoms with van der Waals surface area (Å²) in [7, 11) is 0. The fourth-order valence-corrected chi connectivity index (χ4v) is 5.19. The van der Waals surface area contributed by atoms with Crippen LogP contribution in [-0.4, -0.2) is 26.5 Å². The number of Topliss-reactive ketones (excluding diaryl/α,β-unsaturated/α-hetero) is 1. The van der Waals surface area contributed by atoms with Crippen molar-refractivity contribution in [2.75, 3.05) is 6.79 Å². The number of hydrogen-bond donors (Lipinski definition) is 0. The van der Waals surface area contributed by atoms with Gasteiger partial charge in [-0.1, -0.05) is 26.8 Å². The van der Waals surface area contributed by atoms with Crippen molar-refractivity contribution in [2.24, 2.45) is 5.41 Å². The molecule has 0 fully saturated rings. The highest BCUT2D eigenvalue weighted by Crippen LogP contribution is 2.32. The van der Waals surface area contributed by atoms with Gasteiger partial charge in [0.2, 0.25) is 6.79 Å². The third-order valence-electron chi connectivity index (χ3n) is 5.30. The Kier molecular flexibility index (Phi) is 5.49. The maximum atomic E-state index is 13.4. The minimum atomic E-state index is -0.598. The first kappa shape index (κ1) is 22.3. The Hall–Kier alpha value is -3.50. The molecule has 0 spiro atoms. The fourth-order valence-electron chi connectivity index (χ4n) is 3.41. The number of nitrogens with zero attached hydrogens (tertiary/aromatic N) is 3. The number of carbonyl (C=O) groups is 1. The molecule has 3 aromatic heterocycles. The van der Waals surface area contributed by atoms with Crippen LogP contribution < -0.4 is 29.8 Å². The van der Waals surface area contributed by atoms with E-state index < -0.39 is 5.41 Å². The Labute approximate surface area is 201 Å². The molecule has 0 N–H and O–H groups in total. The van der Waals surface area contributed by atoms with Crippen LogP contribution in [0.1, 0.15) is 32.0 Å². The van der Waals surface area contributed by atoms with E-state index in [9.17, 15) is 14.4 Å². The third-order valence-corrected chi connectivity index (χ3v) is 7.12. The van der Waals surface area contributed by atoms with Gasteiger partial charge in [-0.2, -0.15) is 0 Å². The van der Waals surface area contributed by atoms with E-state index in [1.54, 1.807) is 23.7 Å². The van der Waals surface area contributed by atoms with Crippen LogP contribution >= 0.6 is 22.7 Å². The van der Waals surface area contributed by atoms with Crippen LogP contribution in [0, 0.1) is 5.41 Å². The van der Waals surface area contributed by atoms with E-state index in [1.807, 2.05) is 32.9 Å². The van der Waals surface area contributed by atoms with Crippen molar-refractivity contribution >= 4 is 45.6 Å². The second-order valence-corrected chi connectivity index (χ2v) is 10.8. The number of aromatic nitrogens is 3. The van der Waals surface area contributed by atoms with E-state index in [-0.39, 0.29) is 30.2 Å². The maximum Gasteiger partial charge on any atom is 0.269 e. The van der Waals surface area contributed by atoms with Crippen molar-refractivity contribution < 1.29 is 14.3 Å². The lowest BCUT2D eigenvalue weighted by Gasteiger charge is -2.12. The predicted molar refractivity (Wildman–Crippen MR) is 131 cm³/mol. The highest BCUT2D eigenvalue weighted by molar-refractivity contribution is 7.15. The molecule has 34 heavy (non-hydrogen) atoms. The first-order valence-electron chi connectivity index (χ1n) is 10.5. The average molecular weight is 496 g/mol. The molecule has 1 aliphatic rings. The summed E-state index contributed by atoms with van der Waals surface area (Å²) in [4.78, 5) is 43.7. The second kappa shape index (κ2) is 8.37. The second-order valence-electron chi connectivity index (χ2n) is 8.85. The molecule has 10 heteroatoms. The van der Waals surface area contributed by atoms with Gasteiger partial charge in [0, 0.05) is 29.1 Å². The molecule has 8 nitrogen and oxygen atoms in total. The lowest BCUT2D eigenvalue weighted by Crippen LogP contribution is -2.33. The fraction of sp³-hybridized carbons (Fsp3) is 0.250. The van der Waals surface area contributed by atoms with Gasteiger partial charge in [0.1, 0.15) is 4.66 Å². The SMILES string of the molecule is CC(C)(C)C(=O)/C=c1\s/c(=C\c2ccc3c(c2)OCO3)c(=O)n1Cc1cc(=O)n2ccsc2n1. The number of ether oxygens (including phenoxy) is 2. The Morgan fingerprint density at radius 3 is 2.76 bits per heavy atom. The molecule has 0 aliphatic carbocycles. The largest absolute Gasteiger partial charge is 0.454 e. The molecule has 4 aromatic rings. The van der Waals surface area contributed by atoms with Crippen LogP contribution in [-0.2, 0) is 11.3 Å². The van der Waals surface area contributed by atoms with Gasteiger partial charge < -0.3 is 9.47 Å². The summed E-state index contributed by atoms with van der Waals surface area (Å²) in [5.41, 5.74) is 0.162. The van der Waals surface area contributed by atoms with E-state index in [1.165, 1.54) is 43.8 Å². The van der Waals surface area contributed by atoms with Gasteiger partial charge in [-0.15, -0.1) is 22.7 Å². The van der Waals surface area contributed by atoms with Crippen molar-refractivity contribution in [1.82, 2.24) is 14.0 Å². The topological polar surface area (TPSA) is 91.9 Å². The molecule has 0 bridgehead atoms. The summed E-state index contributed by atoms with van der Waals surface area (Å²) >= 11 is 2.57. The smallest absolute Gasteiger partial charge is 0.269 e. The normalized spacial score (nSPS) is 14.3. The summed E-state index contributed by atoms with van der Waals surface area (Å²) in [5.74, 6) is 1.18. The van der Waals surface area contributed by atoms with Crippen molar-refractivity contribution in [2.45, 2.75) is 27.3 Å². The number of carbonyl (C=O) groups excluding carboxylic acids is 1. The van der Waals surface area contributed by atoms with Crippen LogP contribution in [0.5, 0.6) is 11.5 Å². The van der Waals surface area contributed by atoms with Crippen molar-refractivity contribution in [3.63, 3.8) is 0 Å². The van der Waals surface area contributed by atoms with Gasteiger partial charge in [0.25, 0.3) is 11.1 Å². The zero-order chi connectivity index (χ0) is 24.0. The van der Waals surface area contributed by atoms with Gasteiger partial charge in [-0.3, -0.25) is 23.4 Å². The predicted octanol–water partition coefficient (Wildman–Crippen LogP) is 1.98. The molecule has 0 radical (unpaired) electrons. The summed E-state index contributed by atoms with van der Waals surface area (Å²) < 4.78 is 14.7. The van der Waals surface area contributed by atoms with Gasteiger partial charge in [-0.25, -0.2) is 4.98 Å². The molecule has 0 unspecified atom stereocenters. The molecule has 0 saturated heterocycles. The Morgan fingerprint density at radius 1 is 1.18 bits per heavy atom.